The zero-order valence-corrected chi connectivity index (χ0v) is 10.9. The van der Waals surface area contributed by atoms with Gasteiger partial charge in [-0.1, -0.05) is 13.8 Å². The molecule has 0 saturated heterocycles. The number of ketones is 1. The Labute approximate surface area is 98.5 Å². The van der Waals surface area contributed by atoms with Crippen molar-refractivity contribution in [2.75, 3.05) is 13.2 Å². The second-order valence-electron chi connectivity index (χ2n) is 4.79. The van der Waals surface area contributed by atoms with Crippen LogP contribution in [0.2, 0.25) is 0 Å². The third kappa shape index (κ3) is 3.29. The van der Waals surface area contributed by atoms with Crippen LogP contribution in [0.5, 0.6) is 0 Å². The van der Waals surface area contributed by atoms with Crippen molar-refractivity contribution in [2.24, 2.45) is 17.8 Å². The van der Waals surface area contributed by atoms with E-state index in [1.807, 2.05) is 13.8 Å². The van der Waals surface area contributed by atoms with Gasteiger partial charge in [0.15, 0.2) is 6.29 Å². The molecule has 3 atom stereocenters. The normalized spacial score (nSPS) is 31.1. The van der Waals surface area contributed by atoms with Crippen LogP contribution in [0.4, 0.5) is 0 Å². The van der Waals surface area contributed by atoms with E-state index >= 15 is 0 Å². The van der Waals surface area contributed by atoms with Crippen molar-refractivity contribution in [1.29, 1.82) is 0 Å². The van der Waals surface area contributed by atoms with Gasteiger partial charge in [0.1, 0.15) is 5.78 Å². The van der Waals surface area contributed by atoms with Crippen molar-refractivity contribution in [3.05, 3.63) is 0 Å². The van der Waals surface area contributed by atoms with Crippen LogP contribution in [0.25, 0.3) is 0 Å². The summed E-state index contributed by atoms with van der Waals surface area (Å²) >= 11 is 0. The maximum absolute atomic E-state index is 12.0. The number of Topliss-reactive ketones (excluding diaryl/α,β-unsaturated/α-hetero) is 1. The first-order valence-corrected chi connectivity index (χ1v) is 6.36. The monoisotopic (exact) mass is 228 g/mol. The number of hydrogen-bond donors (Lipinski definition) is 0. The van der Waals surface area contributed by atoms with E-state index in [0.717, 1.165) is 6.42 Å². The molecule has 1 rings (SSSR count). The van der Waals surface area contributed by atoms with Gasteiger partial charge in [-0.15, -0.1) is 0 Å². The van der Waals surface area contributed by atoms with Crippen LogP contribution in [0.15, 0.2) is 0 Å². The van der Waals surface area contributed by atoms with Gasteiger partial charge >= 0.3 is 0 Å². The molecule has 0 amide bonds. The molecule has 0 aliphatic heterocycles. The molecule has 0 aromatic carbocycles. The zero-order chi connectivity index (χ0) is 12.1. The van der Waals surface area contributed by atoms with Gasteiger partial charge < -0.3 is 9.47 Å². The molecule has 0 N–H and O–H groups in total. The highest BCUT2D eigenvalue weighted by atomic mass is 16.7. The first kappa shape index (κ1) is 13.7. The highest BCUT2D eigenvalue weighted by molar-refractivity contribution is 5.82. The topological polar surface area (TPSA) is 35.5 Å². The Bertz CT molecular complexity index is 221. The lowest BCUT2D eigenvalue weighted by molar-refractivity contribution is -0.186. The minimum atomic E-state index is -0.343. The van der Waals surface area contributed by atoms with Crippen molar-refractivity contribution in [3.8, 4) is 0 Å². The number of carbonyl (C=O) groups excluding carboxylic acids is 1. The Kier molecular flexibility index (Phi) is 5.42. The van der Waals surface area contributed by atoms with Crippen LogP contribution in [-0.2, 0) is 14.3 Å². The van der Waals surface area contributed by atoms with Gasteiger partial charge in [0, 0.05) is 19.6 Å². The molecule has 0 aromatic heterocycles. The molecule has 0 heterocycles. The van der Waals surface area contributed by atoms with E-state index in [-0.39, 0.29) is 12.2 Å². The molecular weight excluding hydrogens is 204 g/mol. The molecule has 0 spiro atoms. The number of carbonyl (C=O) groups is 1. The van der Waals surface area contributed by atoms with Gasteiger partial charge in [-0.3, -0.25) is 4.79 Å². The molecule has 0 bridgehead atoms. The summed E-state index contributed by atoms with van der Waals surface area (Å²) in [6.07, 6.45) is 1.42. The van der Waals surface area contributed by atoms with Gasteiger partial charge in [-0.05, 0) is 32.1 Å². The third-order valence-corrected chi connectivity index (χ3v) is 3.26. The largest absolute Gasteiger partial charge is 0.352 e. The van der Waals surface area contributed by atoms with Crippen molar-refractivity contribution < 1.29 is 14.3 Å². The van der Waals surface area contributed by atoms with E-state index in [9.17, 15) is 4.79 Å². The summed E-state index contributed by atoms with van der Waals surface area (Å²) < 4.78 is 11.1. The average Bonchev–Trinajstić information content (AvgIpc) is 2.16. The summed E-state index contributed by atoms with van der Waals surface area (Å²) in [6, 6.07) is 0. The van der Waals surface area contributed by atoms with Gasteiger partial charge in [0.25, 0.3) is 0 Å². The predicted molar refractivity (Wildman–Crippen MR) is 63.1 cm³/mol. The smallest absolute Gasteiger partial charge is 0.167 e. The first-order valence-electron chi connectivity index (χ1n) is 6.36. The van der Waals surface area contributed by atoms with Crippen LogP contribution in [-0.4, -0.2) is 25.3 Å². The minimum absolute atomic E-state index is 0.0731. The lowest BCUT2D eigenvalue weighted by atomic mass is 9.74. The first-order chi connectivity index (χ1) is 7.60. The number of hydrogen-bond acceptors (Lipinski definition) is 3. The van der Waals surface area contributed by atoms with Crippen molar-refractivity contribution in [1.82, 2.24) is 0 Å². The standard InChI is InChI=1S/C13H24O3/c1-5-15-13(16-6-2)12-10(4)7-9(3)8-11(12)14/h9-10,12-13H,5-8H2,1-4H3. The minimum Gasteiger partial charge on any atom is -0.352 e. The van der Waals surface area contributed by atoms with Gasteiger partial charge in [0.05, 0.1) is 5.92 Å². The SMILES string of the molecule is CCOC(OCC)C1C(=O)CC(C)CC1C. The lowest BCUT2D eigenvalue weighted by Gasteiger charge is -2.35. The van der Waals surface area contributed by atoms with E-state index in [4.69, 9.17) is 9.47 Å². The Morgan fingerprint density at radius 2 is 1.81 bits per heavy atom. The molecule has 1 fully saturated rings. The molecule has 1 aliphatic carbocycles. The van der Waals surface area contributed by atoms with E-state index in [2.05, 4.69) is 13.8 Å². The summed E-state index contributed by atoms with van der Waals surface area (Å²) in [5.74, 6) is 1.09. The number of ether oxygens (including phenoxy) is 2. The van der Waals surface area contributed by atoms with E-state index < -0.39 is 0 Å². The van der Waals surface area contributed by atoms with Crippen LogP contribution in [0.1, 0.15) is 40.5 Å². The quantitative estimate of drug-likeness (QED) is 0.679. The number of rotatable bonds is 5. The molecular formula is C13H24O3. The summed E-state index contributed by atoms with van der Waals surface area (Å²) in [4.78, 5) is 12.0. The van der Waals surface area contributed by atoms with E-state index in [1.54, 1.807) is 0 Å². The fourth-order valence-corrected chi connectivity index (χ4v) is 2.67. The summed E-state index contributed by atoms with van der Waals surface area (Å²) in [5.41, 5.74) is 0. The highest BCUT2D eigenvalue weighted by Crippen LogP contribution is 2.34. The second-order valence-corrected chi connectivity index (χ2v) is 4.79. The van der Waals surface area contributed by atoms with Crippen molar-refractivity contribution in [2.45, 2.75) is 46.8 Å². The molecule has 0 radical (unpaired) electrons. The molecule has 16 heavy (non-hydrogen) atoms. The van der Waals surface area contributed by atoms with Crippen LogP contribution in [0.3, 0.4) is 0 Å². The Balaban J connectivity index is 2.69. The van der Waals surface area contributed by atoms with Gasteiger partial charge in [0.2, 0.25) is 0 Å². The van der Waals surface area contributed by atoms with Gasteiger partial charge in [-0.2, -0.15) is 0 Å². The van der Waals surface area contributed by atoms with Gasteiger partial charge in [-0.25, -0.2) is 0 Å². The zero-order valence-electron chi connectivity index (χ0n) is 10.9. The Hall–Kier alpha value is -0.410. The molecule has 1 saturated carbocycles. The maximum atomic E-state index is 12.0. The van der Waals surface area contributed by atoms with E-state index in [0.29, 0.717) is 37.3 Å². The Morgan fingerprint density at radius 1 is 1.25 bits per heavy atom. The fourth-order valence-electron chi connectivity index (χ4n) is 2.67. The van der Waals surface area contributed by atoms with Crippen LogP contribution >= 0.6 is 0 Å². The van der Waals surface area contributed by atoms with E-state index in [1.165, 1.54) is 0 Å². The predicted octanol–water partition coefficient (Wildman–Crippen LogP) is 2.64. The lowest BCUT2D eigenvalue weighted by Crippen LogP contribution is -2.41. The molecule has 3 heteroatoms. The molecule has 0 aromatic rings. The summed E-state index contributed by atoms with van der Waals surface area (Å²) in [7, 11) is 0. The highest BCUT2D eigenvalue weighted by Gasteiger charge is 2.38. The fraction of sp³-hybridized carbons (Fsp3) is 0.923. The molecule has 3 nitrogen and oxygen atoms in total. The van der Waals surface area contributed by atoms with Crippen LogP contribution in [0, 0.1) is 17.8 Å². The third-order valence-electron chi connectivity index (χ3n) is 3.26. The van der Waals surface area contributed by atoms with Crippen molar-refractivity contribution >= 4 is 5.78 Å². The molecule has 94 valence electrons. The van der Waals surface area contributed by atoms with Crippen molar-refractivity contribution in [3.63, 3.8) is 0 Å². The second kappa shape index (κ2) is 6.36. The molecule has 3 unspecified atom stereocenters. The summed E-state index contributed by atoms with van der Waals surface area (Å²) in [6.45, 7) is 9.33. The average molecular weight is 228 g/mol. The summed E-state index contributed by atoms with van der Waals surface area (Å²) in [5, 5.41) is 0. The van der Waals surface area contributed by atoms with Crippen LogP contribution < -0.4 is 0 Å². The Morgan fingerprint density at radius 3 is 2.25 bits per heavy atom. The maximum Gasteiger partial charge on any atom is 0.167 e. The molecule has 1 aliphatic rings.